The number of fused-ring (bicyclic) bond motifs is 1. The van der Waals surface area contributed by atoms with Gasteiger partial charge in [-0.15, -0.1) is 0 Å². The lowest BCUT2D eigenvalue weighted by Crippen LogP contribution is -2.18. The number of unbranched alkanes of at least 4 members (excludes halogenated alkanes) is 2. The van der Waals surface area contributed by atoms with E-state index in [9.17, 15) is 14.7 Å². The van der Waals surface area contributed by atoms with Crippen LogP contribution < -0.4 is 0 Å². The highest BCUT2D eigenvalue weighted by Gasteiger charge is 2.12. The Morgan fingerprint density at radius 2 is 1.67 bits per heavy atom. The number of aldehydes is 2. The molecule has 0 saturated heterocycles. The molecular weight excluding hydrogens is 446 g/mol. The summed E-state index contributed by atoms with van der Waals surface area (Å²) in [4.78, 5) is 24.1. The van der Waals surface area contributed by atoms with Gasteiger partial charge in [0.2, 0.25) is 0 Å². The molecule has 0 fully saturated rings. The summed E-state index contributed by atoms with van der Waals surface area (Å²) < 4.78 is 0. The van der Waals surface area contributed by atoms with E-state index in [1.54, 1.807) is 0 Å². The number of H-pyrrole nitrogens is 1. The van der Waals surface area contributed by atoms with E-state index in [4.69, 9.17) is 0 Å². The Balaban J connectivity index is 0.000000278. The Labute approximate surface area is 217 Å². The van der Waals surface area contributed by atoms with Crippen LogP contribution in [0.5, 0.6) is 0 Å². The molecule has 4 nitrogen and oxygen atoms in total. The van der Waals surface area contributed by atoms with Crippen LogP contribution in [0.2, 0.25) is 0 Å². The zero-order valence-electron chi connectivity index (χ0n) is 22.6. The van der Waals surface area contributed by atoms with Crippen LogP contribution in [0.1, 0.15) is 84.6 Å². The predicted molar refractivity (Wildman–Crippen MR) is 153 cm³/mol. The van der Waals surface area contributed by atoms with Gasteiger partial charge in [-0.2, -0.15) is 0 Å². The quantitative estimate of drug-likeness (QED) is 0.152. The van der Waals surface area contributed by atoms with Gasteiger partial charge in [0.05, 0.1) is 5.60 Å². The van der Waals surface area contributed by atoms with Gasteiger partial charge >= 0.3 is 0 Å². The van der Waals surface area contributed by atoms with Crippen molar-refractivity contribution < 1.29 is 14.7 Å². The van der Waals surface area contributed by atoms with Crippen LogP contribution in [-0.2, 0) is 9.59 Å². The van der Waals surface area contributed by atoms with E-state index in [2.05, 4.69) is 37.0 Å². The first kappa shape index (κ1) is 31.1. The number of aromatic nitrogens is 1. The summed E-state index contributed by atoms with van der Waals surface area (Å²) in [6, 6.07) is 20.3. The molecule has 2 aromatic carbocycles. The summed E-state index contributed by atoms with van der Waals surface area (Å²) in [5.41, 5.74) is 2.66. The van der Waals surface area contributed by atoms with Gasteiger partial charge in [0.25, 0.3) is 0 Å². The number of aliphatic hydroxyl groups is 1. The van der Waals surface area contributed by atoms with Gasteiger partial charge in [-0.3, -0.25) is 4.79 Å². The Hall–Kier alpha value is -2.98. The van der Waals surface area contributed by atoms with Crippen molar-refractivity contribution in [3.63, 3.8) is 0 Å². The molecule has 1 unspecified atom stereocenters. The second kappa shape index (κ2) is 18.3. The maximum atomic E-state index is 10.8. The lowest BCUT2D eigenvalue weighted by Gasteiger charge is -2.17. The van der Waals surface area contributed by atoms with Gasteiger partial charge in [0.1, 0.15) is 12.6 Å². The van der Waals surface area contributed by atoms with Crippen LogP contribution >= 0.6 is 0 Å². The maximum absolute atomic E-state index is 10.8. The number of para-hydroxylation sites is 1. The van der Waals surface area contributed by atoms with Gasteiger partial charge in [-0.05, 0) is 73.8 Å². The summed E-state index contributed by atoms with van der Waals surface area (Å²) in [5.74, 6) is 0.463. The molecule has 0 saturated carbocycles. The number of carbonyl (C=O) groups excluding carboxylic acids is 2. The molecule has 36 heavy (non-hydrogen) atoms. The third-order valence-corrected chi connectivity index (χ3v) is 5.82. The minimum Gasteiger partial charge on any atom is -0.390 e. The molecule has 0 aliphatic heterocycles. The summed E-state index contributed by atoms with van der Waals surface area (Å²) in [6.45, 7) is 7.87. The Bertz CT molecular complexity index is 969. The van der Waals surface area contributed by atoms with Crippen LogP contribution in [0.15, 0.2) is 72.4 Å². The van der Waals surface area contributed by atoms with Crippen molar-refractivity contribution in [3.8, 4) is 0 Å². The third-order valence-electron chi connectivity index (χ3n) is 5.82. The minimum atomic E-state index is -0.555. The van der Waals surface area contributed by atoms with Gasteiger partial charge in [0, 0.05) is 18.1 Å². The Morgan fingerprint density at radius 3 is 2.28 bits per heavy atom. The van der Waals surface area contributed by atoms with E-state index in [0.29, 0.717) is 12.3 Å². The number of hydrogen-bond donors (Lipinski definition) is 2. The molecule has 3 rings (SSSR count). The summed E-state index contributed by atoms with van der Waals surface area (Å²) in [6.07, 6.45) is 13.7. The van der Waals surface area contributed by atoms with Crippen molar-refractivity contribution in [2.75, 3.05) is 0 Å². The fourth-order valence-electron chi connectivity index (χ4n) is 3.67. The van der Waals surface area contributed by atoms with Crippen molar-refractivity contribution in [3.05, 3.63) is 78.0 Å². The molecule has 1 atom stereocenters. The summed E-state index contributed by atoms with van der Waals surface area (Å²) in [5, 5.41) is 10.7. The first-order chi connectivity index (χ1) is 17.3. The number of hydrogen-bond acceptors (Lipinski definition) is 3. The number of nitrogens with one attached hydrogen (secondary N) is 1. The van der Waals surface area contributed by atoms with Crippen LogP contribution in [0.4, 0.5) is 0 Å². The fourth-order valence-corrected chi connectivity index (χ4v) is 3.67. The number of rotatable bonds is 12. The van der Waals surface area contributed by atoms with Crippen molar-refractivity contribution in [2.45, 2.75) is 84.7 Å². The van der Waals surface area contributed by atoms with Crippen LogP contribution in [-0.4, -0.2) is 28.3 Å². The van der Waals surface area contributed by atoms with Crippen LogP contribution in [0.25, 0.3) is 17.0 Å². The topological polar surface area (TPSA) is 70.2 Å². The van der Waals surface area contributed by atoms with Gasteiger partial charge in [-0.25, -0.2) is 0 Å². The van der Waals surface area contributed by atoms with E-state index >= 15 is 0 Å². The Morgan fingerprint density at radius 1 is 0.972 bits per heavy atom. The van der Waals surface area contributed by atoms with Crippen molar-refractivity contribution in [1.29, 1.82) is 0 Å². The molecule has 1 aromatic heterocycles. The van der Waals surface area contributed by atoms with Gasteiger partial charge in [-0.1, -0.05) is 88.1 Å². The van der Waals surface area contributed by atoms with E-state index in [1.165, 1.54) is 23.7 Å². The van der Waals surface area contributed by atoms with Crippen molar-refractivity contribution in [2.24, 2.45) is 5.92 Å². The van der Waals surface area contributed by atoms with Gasteiger partial charge < -0.3 is 14.9 Å². The highest BCUT2D eigenvalue weighted by Crippen LogP contribution is 2.17. The number of aromatic amines is 1. The molecule has 0 bridgehead atoms. The second-order valence-corrected chi connectivity index (χ2v) is 9.98. The zero-order valence-corrected chi connectivity index (χ0v) is 22.6. The second-order valence-electron chi connectivity index (χ2n) is 9.98. The zero-order chi connectivity index (χ0) is 26.7. The molecular formula is C32H45NO3. The van der Waals surface area contributed by atoms with Crippen molar-refractivity contribution in [1.82, 2.24) is 4.98 Å². The Kier molecular flexibility index (Phi) is 15.8. The average molecular weight is 492 g/mol. The molecule has 4 heteroatoms. The lowest BCUT2D eigenvalue weighted by atomic mass is 9.96. The van der Waals surface area contributed by atoms with E-state index < -0.39 is 5.60 Å². The van der Waals surface area contributed by atoms with E-state index in [1.807, 2.05) is 68.6 Å². The molecule has 1 heterocycles. The molecule has 0 amide bonds. The number of allylic oxidation sites excluding steroid dienone is 1. The lowest BCUT2D eigenvalue weighted by molar-refractivity contribution is -0.108. The fraction of sp³-hybridized carbons (Fsp3) is 0.438. The van der Waals surface area contributed by atoms with Crippen LogP contribution in [0.3, 0.4) is 0 Å². The standard InChI is InChI=1S/C14H18O.C10H20O2.C8H7N/c1-2-3-5-10-14(12-15)11-13-8-6-4-7-9-13;1-9(6-8-11)5-4-7-10(2,3)12;1-2-4-8-7(3-1)5-6-9-8/h4,6-9,11-12H,2-3,5,10H2,1H3;8-9,12H,4-7H2,1-3H3;1-6,9H/b14-11+;;. The highest BCUT2D eigenvalue weighted by atomic mass is 16.3. The highest BCUT2D eigenvalue weighted by molar-refractivity contribution is 5.81. The van der Waals surface area contributed by atoms with E-state index in [-0.39, 0.29) is 0 Å². The predicted octanol–water partition coefficient (Wildman–Crippen LogP) is 8.17. The monoisotopic (exact) mass is 491 g/mol. The summed E-state index contributed by atoms with van der Waals surface area (Å²) in [7, 11) is 0. The number of benzene rings is 2. The molecule has 2 N–H and O–H groups in total. The normalized spacial score (nSPS) is 12.1. The van der Waals surface area contributed by atoms with Crippen molar-refractivity contribution >= 4 is 29.6 Å². The number of carbonyl (C=O) groups is 2. The molecule has 0 aliphatic rings. The average Bonchev–Trinajstić information content (AvgIpc) is 3.33. The molecule has 0 aliphatic carbocycles. The smallest absolute Gasteiger partial charge is 0.146 e. The SMILES string of the molecule is CC(CC=O)CCCC(C)(C)O.CCCCC/C(C=O)=C\c1ccccc1.c1ccc2[nH]ccc2c1. The third kappa shape index (κ3) is 15.1. The molecule has 3 aromatic rings. The molecule has 0 spiro atoms. The molecule has 196 valence electrons. The van der Waals surface area contributed by atoms with Gasteiger partial charge in [0.15, 0.2) is 0 Å². The summed E-state index contributed by atoms with van der Waals surface area (Å²) >= 11 is 0. The maximum Gasteiger partial charge on any atom is 0.146 e. The largest absolute Gasteiger partial charge is 0.390 e. The molecule has 0 radical (unpaired) electrons. The van der Waals surface area contributed by atoms with E-state index in [0.717, 1.165) is 55.8 Å². The first-order valence-corrected chi connectivity index (χ1v) is 13.2. The van der Waals surface area contributed by atoms with Crippen LogP contribution in [0, 0.1) is 5.92 Å². The minimum absolute atomic E-state index is 0.463. The first-order valence-electron chi connectivity index (χ1n) is 13.2.